The Hall–Kier alpha value is -1.36. The molecule has 1 aliphatic heterocycles. The first-order valence-corrected chi connectivity index (χ1v) is 7.61. The van der Waals surface area contributed by atoms with Crippen LogP contribution in [0.15, 0.2) is 12.3 Å². The van der Waals surface area contributed by atoms with E-state index in [0.717, 1.165) is 19.4 Å². The highest BCUT2D eigenvalue weighted by Crippen LogP contribution is 2.41. The van der Waals surface area contributed by atoms with Gasteiger partial charge in [0.15, 0.2) is 11.6 Å². The summed E-state index contributed by atoms with van der Waals surface area (Å²) < 4.78 is 14.0. The number of fused-ring (bicyclic) bond motifs is 1. The average molecular weight is 312 g/mol. The van der Waals surface area contributed by atoms with Gasteiger partial charge in [0, 0.05) is 39.3 Å². The van der Waals surface area contributed by atoms with E-state index in [9.17, 15) is 9.18 Å². The maximum Gasteiger partial charge on any atom is 0.222 e. The standard InChI is InChI=1S/C15H19ClFN3O/c1-19-8-10-4-12(3-9(10)5-14(19)21)20(2)15-13(17)6-11(16)7-18-15/h6-7,9-10,12H,3-5,8H2,1-2H3/t9-,10+,12-/m0/s1. The Kier molecular flexibility index (Phi) is 3.78. The lowest BCUT2D eigenvalue weighted by atomic mass is 9.88. The number of piperidine rings is 1. The maximum atomic E-state index is 14.0. The summed E-state index contributed by atoms with van der Waals surface area (Å²) in [6, 6.07) is 1.52. The van der Waals surface area contributed by atoms with Crippen LogP contribution in [0.5, 0.6) is 0 Å². The fourth-order valence-corrected chi connectivity index (χ4v) is 3.79. The quantitative estimate of drug-likeness (QED) is 0.842. The third-order valence-corrected chi connectivity index (χ3v) is 5.06. The molecule has 3 atom stereocenters. The van der Waals surface area contributed by atoms with E-state index >= 15 is 0 Å². The molecule has 2 fully saturated rings. The van der Waals surface area contributed by atoms with Crippen molar-refractivity contribution in [2.24, 2.45) is 11.8 Å². The lowest BCUT2D eigenvalue weighted by Gasteiger charge is -2.31. The van der Waals surface area contributed by atoms with Gasteiger partial charge in [0.2, 0.25) is 5.91 Å². The molecule has 2 aliphatic rings. The molecule has 1 amide bonds. The number of anilines is 1. The number of rotatable bonds is 2. The number of aromatic nitrogens is 1. The van der Waals surface area contributed by atoms with Crippen molar-refractivity contribution in [1.82, 2.24) is 9.88 Å². The molecule has 6 heteroatoms. The Balaban J connectivity index is 1.75. The largest absolute Gasteiger partial charge is 0.354 e. The van der Waals surface area contributed by atoms with Gasteiger partial charge in [0.25, 0.3) is 0 Å². The molecule has 0 unspecified atom stereocenters. The summed E-state index contributed by atoms with van der Waals surface area (Å²) >= 11 is 5.75. The van der Waals surface area contributed by atoms with Crippen molar-refractivity contribution >= 4 is 23.3 Å². The number of hydrogen-bond acceptors (Lipinski definition) is 3. The highest BCUT2D eigenvalue weighted by molar-refractivity contribution is 6.30. The van der Waals surface area contributed by atoms with Crippen LogP contribution in [0.4, 0.5) is 10.2 Å². The molecular formula is C15H19ClFN3O. The van der Waals surface area contributed by atoms with Crippen molar-refractivity contribution in [2.75, 3.05) is 25.5 Å². The van der Waals surface area contributed by atoms with Gasteiger partial charge in [-0.25, -0.2) is 9.37 Å². The lowest BCUT2D eigenvalue weighted by Crippen LogP contribution is -2.39. The first kappa shape index (κ1) is 14.6. The van der Waals surface area contributed by atoms with Crippen LogP contribution in [0.25, 0.3) is 0 Å². The minimum absolute atomic E-state index is 0.218. The van der Waals surface area contributed by atoms with Gasteiger partial charge in [0.1, 0.15) is 0 Å². The summed E-state index contributed by atoms with van der Waals surface area (Å²) in [5.74, 6) is 1.08. The Labute approximate surface area is 128 Å². The number of carbonyl (C=O) groups is 1. The Bertz CT molecular complexity index is 568. The van der Waals surface area contributed by atoms with E-state index in [0.29, 0.717) is 29.1 Å². The van der Waals surface area contributed by atoms with Gasteiger partial charge in [-0.2, -0.15) is 0 Å². The zero-order valence-electron chi connectivity index (χ0n) is 12.2. The molecule has 1 saturated heterocycles. The second kappa shape index (κ2) is 5.44. The number of pyridine rings is 1. The summed E-state index contributed by atoms with van der Waals surface area (Å²) in [7, 11) is 3.73. The number of nitrogens with zero attached hydrogens (tertiary/aromatic N) is 3. The lowest BCUT2D eigenvalue weighted by molar-refractivity contribution is -0.134. The predicted octanol–water partition coefficient (Wildman–Crippen LogP) is 2.57. The minimum atomic E-state index is -0.395. The molecule has 0 radical (unpaired) electrons. The second-order valence-corrected chi connectivity index (χ2v) is 6.63. The topological polar surface area (TPSA) is 36.4 Å². The highest BCUT2D eigenvalue weighted by atomic mass is 35.5. The van der Waals surface area contributed by atoms with E-state index < -0.39 is 5.82 Å². The monoisotopic (exact) mass is 311 g/mol. The molecular weight excluding hydrogens is 293 g/mol. The zero-order chi connectivity index (χ0) is 15.1. The number of likely N-dealkylation sites (tertiary alicyclic amines) is 1. The van der Waals surface area contributed by atoms with E-state index in [2.05, 4.69) is 4.98 Å². The Morgan fingerprint density at radius 3 is 2.86 bits per heavy atom. The molecule has 1 aliphatic carbocycles. The third kappa shape index (κ3) is 2.71. The fraction of sp³-hybridized carbons (Fsp3) is 0.600. The normalized spacial score (nSPS) is 28.7. The van der Waals surface area contributed by atoms with Crippen molar-refractivity contribution in [2.45, 2.75) is 25.3 Å². The fourth-order valence-electron chi connectivity index (χ4n) is 3.64. The van der Waals surface area contributed by atoms with E-state index in [1.807, 2.05) is 23.9 Å². The van der Waals surface area contributed by atoms with Crippen LogP contribution >= 0.6 is 11.6 Å². The number of amides is 1. The zero-order valence-corrected chi connectivity index (χ0v) is 13.0. The van der Waals surface area contributed by atoms with E-state index in [1.54, 1.807) is 0 Å². The molecule has 4 nitrogen and oxygen atoms in total. The molecule has 114 valence electrons. The van der Waals surface area contributed by atoms with Gasteiger partial charge in [-0.05, 0) is 30.7 Å². The van der Waals surface area contributed by atoms with Gasteiger partial charge in [-0.3, -0.25) is 4.79 Å². The highest BCUT2D eigenvalue weighted by Gasteiger charge is 2.41. The van der Waals surface area contributed by atoms with E-state index in [4.69, 9.17) is 11.6 Å². The number of halogens is 2. The maximum absolute atomic E-state index is 14.0. The van der Waals surface area contributed by atoms with Gasteiger partial charge in [-0.1, -0.05) is 11.6 Å². The summed E-state index contributed by atoms with van der Waals surface area (Å²) in [4.78, 5) is 19.6. The molecule has 3 rings (SSSR count). The molecule has 1 aromatic rings. The van der Waals surface area contributed by atoms with Crippen LogP contribution in [0, 0.1) is 17.7 Å². The SMILES string of the molecule is CN1C[C@H]2C[C@@H](N(C)c3ncc(Cl)cc3F)C[C@H]2CC1=O. The number of carbonyl (C=O) groups excluding carboxylic acids is 1. The first-order chi connectivity index (χ1) is 9.95. The van der Waals surface area contributed by atoms with Gasteiger partial charge >= 0.3 is 0 Å². The Morgan fingerprint density at radius 1 is 1.43 bits per heavy atom. The smallest absolute Gasteiger partial charge is 0.222 e. The van der Waals surface area contributed by atoms with Crippen LogP contribution in [-0.4, -0.2) is 42.5 Å². The molecule has 0 spiro atoms. The molecule has 0 N–H and O–H groups in total. The first-order valence-electron chi connectivity index (χ1n) is 7.23. The van der Waals surface area contributed by atoms with Crippen LogP contribution in [0.3, 0.4) is 0 Å². The molecule has 1 aromatic heterocycles. The summed E-state index contributed by atoms with van der Waals surface area (Å²) in [5, 5.41) is 0.303. The van der Waals surface area contributed by atoms with Gasteiger partial charge in [-0.15, -0.1) is 0 Å². The van der Waals surface area contributed by atoms with Crippen LogP contribution in [-0.2, 0) is 4.79 Å². The molecule has 1 saturated carbocycles. The molecule has 0 aromatic carbocycles. The van der Waals surface area contributed by atoms with E-state index in [1.165, 1.54) is 12.3 Å². The Morgan fingerprint density at radius 2 is 2.14 bits per heavy atom. The van der Waals surface area contributed by atoms with Crippen molar-refractivity contribution in [1.29, 1.82) is 0 Å². The summed E-state index contributed by atoms with van der Waals surface area (Å²) in [5.41, 5.74) is 0. The molecule has 0 bridgehead atoms. The van der Waals surface area contributed by atoms with Crippen molar-refractivity contribution in [3.05, 3.63) is 23.1 Å². The van der Waals surface area contributed by atoms with E-state index in [-0.39, 0.29) is 11.9 Å². The third-order valence-electron chi connectivity index (χ3n) is 4.86. The molecule has 21 heavy (non-hydrogen) atoms. The van der Waals surface area contributed by atoms with Crippen molar-refractivity contribution in [3.63, 3.8) is 0 Å². The minimum Gasteiger partial charge on any atom is -0.354 e. The van der Waals surface area contributed by atoms with Crippen molar-refractivity contribution < 1.29 is 9.18 Å². The van der Waals surface area contributed by atoms with Crippen LogP contribution < -0.4 is 4.90 Å². The molecule has 2 heterocycles. The average Bonchev–Trinajstić information content (AvgIpc) is 2.81. The van der Waals surface area contributed by atoms with Crippen molar-refractivity contribution in [3.8, 4) is 0 Å². The van der Waals surface area contributed by atoms with Crippen LogP contribution in [0.2, 0.25) is 5.02 Å². The second-order valence-electron chi connectivity index (χ2n) is 6.19. The predicted molar refractivity (Wildman–Crippen MR) is 79.9 cm³/mol. The summed E-state index contributed by atoms with van der Waals surface area (Å²) in [6.45, 7) is 0.810. The summed E-state index contributed by atoms with van der Waals surface area (Å²) in [6.07, 6.45) is 3.98. The van der Waals surface area contributed by atoms with Gasteiger partial charge < -0.3 is 9.80 Å². The van der Waals surface area contributed by atoms with Gasteiger partial charge in [0.05, 0.1) is 5.02 Å². The van der Waals surface area contributed by atoms with Crippen LogP contribution in [0.1, 0.15) is 19.3 Å². The number of hydrogen-bond donors (Lipinski definition) is 0.